The van der Waals surface area contributed by atoms with Crippen LogP contribution in [0.5, 0.6) is 11.5 Å². The van der Waals surface area contributed by atoms with Gasteiger partial charge in [-0.3, -0.25) is 0 Å². The highest BCUT2D eigenvalue weighted by molar-refractivity contribution is 5.45. The van der Waals surface area contributed by atoms with Crippen LogP contribution in [0.25, 0.3) is 0 Å². The summed E-state index contributed by atoms with van der Waals surface area (Å²) in [6.45, 7) is 8.15. The van der Waals surface area contributed by atoms with E-state index in [9.17, 15) is 0 Å². The molecule has 0 radical (unpaired) electrons. The van der Waals surface area contributed by atoms with Gasteiger partial charge in [-0.15, -0.1) is 13.2 Å². The van der Waals surface area contributed by atoms with Crippen molar-refractivity contribution in [2.75, 3.05) is 13.7 Å². The third-order valence-corrected chi connectivity index (χ3v) is 2.47. The Bertz CT molecular complexity index is 369. The van der Waals surface area contributed by atoms with E-state index in [4.69, 9.17) is 9.47 Å². The van der Waals surface area contributed by atoms with E-state index in [1.165, 1.54) is 0 Å². The molecule has 0 aliphatic rings. The summed E-state index contributed by atoms with van der Waals surface area (Å²) in [6.07, 6.45) is 6.46. The molecule has 0 N–H and O–H groups in total. The second-order valence-corrected chi connectivity index (χ2v) is 3.71. The largest absolute Gasteiger partial charge is 0.496 e. The Balaban J connectivity index is 2.74. The highest BCUT2D eigenvalue weighted by Crippen LogP contribution is 2.29. The van der Waals surface area contributed by atoms with Gasteiger partial charge in [0.1, 0.15) is 11.5 Å². The molecule has 0 unspecified atom stereocenters. The summed E-state index contributed by atoms with van der Waals surface area (Å²) >= 11 is 0. The van der Waals surface area contributed by atoms with Crippen LogP contribution in [0, 0.1) is 0 Å². The van der Waals surface area contributed by atoms with Crippen molar-refractivity contribution in [3.05, 3.63) is 49.1 Å². The fourth-order valence-corrected chi connectivity index (χ4v) is 1.63. The van der Waals surface area contributed by atoms with Crippen LogP contribution >= 0.6 is 0 Å². The van der Waals surface area contributed by atoms with Crippen molar-refractivity contribution in [3.63, 3.8) is 0 Å². The van der Waals surface area contributed by atoms with E-state index < -0.39 is 0 Å². The van der Waals surface area contributed by atoms with Crippen LogP contribution in [-0.4, -0.2) is 13.7 Å². The molecule has 0 heterocycles. The van der Waals surface area contributed by atoms with Crippen molar-refractivity contribution in [1.29, 1.82) is 0 Å². The van der Waals surface area contributed by atoms with Gasteiger partial charge >= 0.3 is 0 Å². The maximum Gasteiger partial charge on any atom is 0.126 e. The lowest BCUT2D eigenvalue weighted by Crippen LogP contribution is -2.01. The standard InChI is InChI=1S/C15H20O2/c1-4-6-7-12-17-15-11-8-10-14(16-3)13(15)9-5-2/h4-5,8,10-11H,1-2,6-7,9,12H2,3H3. The highest BCUT2D eigenvalue weighted by Gasteiger charge is 2.08. The van der Waals surface area contributed by atoms with Crippen molar-refractivity contribution >= 4 is 0 Å². The van der Waals surface area contributed by atoms with Gasteiger partial charge < -0.3 is 9.47 Å². The van der Waals surface area contributed by atoms with Crippen molar-refractivity contribution in [2.45, 2.75) is 19.3 Å². The highest BCUT2D eigenvalue weighted by atomic mass is 16.5. The van der Waals surface area contributed by atoms with Crippen LogP contribution < -0.4 is 9.47 Å². The zero-order chi connectivity index (χ0) is 12.5. The van der Waals surface area contributed by atoms with Gasteiger partial charge in [-0.1, -0.05) is 18.2 Å². The van der Waals surface area contributed by atoms with Crippen LogP contribution in [0.3, 0.4) is 0 Å². The number of hydrogen-bond acceptors (Lipinski definition) is 2. The molecule has 1 rings (SSSR count). The molecule has 0 amide bonds. The van der Waals surface area contributed by atoms with Crippen LogP contribution in [0.15, 0.2) is 43.5 Å². The number of ether oxygens (including phenoxy) is 2. The Morgan fingerprint density at radius 3 is 2.59 bits per heavy atom. The van der Waals surface area contributed by atoms with E-state index in [1.54, 1.807) is 7.11 Å². The lowest BCUT2D eigenvalue weighted by Gasteiger charge is -2.13. The molecule has 2 nitrogen and oxygen atoms in total. The van der Waals surface area contributed by atoms with E-state index >= 15 is 0 Å². The molecule has 92 valence electrons. The van der Waals surface area contributed by atoms with Crippen LogP contribution in [0.4, 0.5) is 0 Å². The monoisotopic (exact) mass is 232 g/mol. The van der Waals surface area contributed by atoms with E-state index in [1.807, 2.05) is 30.4 Å². The van der Waals surface area contributed by atoms with Gasteiger partial charge in [0.15, 0.2) is 0 Å². The van der Waals surface area contributed by atoms with Crippen LogP contribution in [0.1, 0.15) is 18.4 Å². The number of methoxy groups -OCH3 is 1. The SMILES string of the molecule is C=CCCCOc1cccc(OC)c1CC=C. The first-order chi connectivity index (χ1) is 8.33. The number of hydrogen-bond donors (Lipinski definition) is 0. The average molecular weight is 232 g/mol. The molecule has 0 saturated carbocycles. The van der Waals surface area contributed by atoms with Gasteiger partial charge in [-0.05, 0) is 31.4 Å². The minimum Gasteiger partial charge on any atom is -0.496 e. The first kappa shape index (κ1) is 13.4. The van der Waals surface area contributed by atoms with E-state index in [2.05, 4.69) is 13.2 Å². The Kier molecular flexibility index (Phi) is 5.94. The summed E-state index contributed by atoms with van der Waals surface area (Å²) in [5, 5.41) is 0. The molecule has 17 heavy (non-hydrogen) atoms. The number of unbranched alkanes of at least 4 members (excludes halogenated alkanes) is 1. The maximum absolute atomic E-state index is 5.76. The fourth-order valence-electron chi connectivity index (χ4n) is 1.63. The van der Waals surface area contributed by atoms with Gasteiger partial charge in [0.2, 0.25) is 0 Å². The summed E-state index contributed by atoms with van der Waals surface area (Å²) < 4.78 is 11.1. The predicted octanol–water partition coefficient (Wildman–Crippen LogP) is 3.77. The molecular formula is C15H20O2. The minimum atomic E-state index is 0.698. The number of rotatable bonds is 8. The zero-order valence-electron chi connectivity index (χ0n) is 10.4. The molecule has 0 aliphatic heterocycles. The van der Waals surface area contributed by atoms with Gasteiger partial charge in [-0.2, -0.15) is 0 Å². The van der Waals surface area contributed by atoms with E-state index in [0.29, 0.717) is 6.61 Å². The van der Waals surface area contributed by atoms with Crippen molar-refractivity contribution in [3.8, 4) is 11.5 Å². The summed E-state index contributed by atoms with van der Waals surface area (Å²) in [6, 6.07) is 5.85. The van der Waals surface area contributed by atoms with Gasteiger partial charge in [0.25, 0.3) is 0 Å². The van der Waals surface area contributed by atoms with Crippen molar-refractivity contribution in [2.24, 2.45) is 0 Å². The summed E-state index contributed by atoms with van der Waals surface area (Å²) in [5.41, 5.74) is 1.06. The minimum absolute atomic E-state index is 0.698. The van der Waals surface area contributed by atoms with Gasteiger partial charge in [0, 0.05) is 5.56 Å². The lowest BCUT2D eigenvalue weighted by atomic mass is 10.1. The Morgan fingerprint density at radius 2 is 1.94 bits per heavy atom. The normalized spacial score (nSPS) is 9.71. The van der Waals surface area contributed by atoms with Crippen LogP contribution in [-0.2, 0) is 6.42 Å². The van der Waals surface area contributed by atoms with Crippen molar-refractivity contribution < 1.29 is 9.47 Å². The number of allylic oxidation sites excluding steroid dienone is 2. The molecule has 0 fully saturated rings. The van der Waals surface area contributed by atoms with Crippen molar-refractivity contribution in [1.82, 2.24) is 0 Å². The van der Waals surface area contributed by atoms with Crippen LogP contribution in [0.2, 0.25) is 0 Å². The quantitative estimate of drug-likeness (QED) is 0.502. The Labute approximate surface area is 104 Å². The second kappa shape index (κ2) is 7.55. The summed E-state index contributed by atoms with van der Waals surface area (Å²) in [4.78, 5) is 0. The second-order valence-electron chi connectivity index (χ2n) is 3.71. The molecule has 2 heteroatoms. The Morgan fingerprint density at radius 1 is 1.18 bits per heavy atom. The smallest absolute Gasteiger partial charge is 0.126 e. The van der Waals surface area contributed by atoms with E-state index in [0.717, 1.165) is 36.3 Å². The molecule has 1 aromatic carbocycles. The molecule has 0 spiro atoms. The molecule has 0 atom stereocenters. The number of benzene rings is 1. The predicted molar refractivity (Wildman–Crippen MR) is 71.8 cm³/mol. The fraction of sp³-hybridized carbons (Fsp3) is 0.333. The molecule has 0 aliphatic carbocycles. The third kappa shape index (κ3) is 3.99. The molecule has 0 saturated heterocycles. The first-order valence-electron chi connectivity index (χ1n) is 5.84. The zero-order valence-corrected chi connectivity index (χ0v) is 10.4. The lowest BCUT2D eigenvalue weighted by molar-refractivity contribution is 0.306. The molecular weight excluding hydrogens is 212 g/mol. The molecule has 0 bridgehead atoms. The third-order valence-electron chi connectivity index (χ3n) is 2.47. The first-order valence-corrected chi connectivity index (χ1v) is 5.84. The van der Waals surface area contributed by atoms with Gasteiger partial charge in [-0.25, -0.2) is 0 Å². The molecule has 1 aromatic rings. The average Bonchev–Trinajstić information content (AvgIpc) is 2.36. The summed E-state index contributed by atoms with van der Waals surface area (Å²) in [5.74, 6) is 1.74. The molecule has 0 aromatic heterocycles. The maximum atomic E-state index is 5.76. The van der Waals surface area contributed by atoms with E-state index in [-0.39, 0.29) is 0 Å². The summed E-state index contributed by atoms with van der Waals surface area (Å²) in [7, 11) is 1.67. The Hall–Kier alpha value is -1.70. The topological polar surface area (TPSA) is 18.5 Å². The van der Waals surface area contributed by atoms with Gasteiger partial charge in [0.05, 0.1) is 13.7 Å².